The molecule has 4 rings (SSSR count). The van der Waals surface area contributed by atoms with Gasteiger partial charge in [-0.2, -0.15) is 0 Å². The molecular formula is C21H24N4O2. The SMILES string of the molecule is Cc1ocnc1C(=O)N1CCN(C)CC(Cc2cccc3cccnc23)C1. The summed E-state index contributed by atoms with van der Waals surface area (Å²) in [5.74, 6) is 0.867. The van der Waals surface area contributed by atoms with Gasteiger partial charge in [0.25, 0.3) is 5.91 Å². The third kappa shape index (κ3) is 3.71. The number of para-hydroxylation sites is 1. The number of carbonyl (C=O) groups excluding carboxylic acids is 1. The Morgan fingerprint density at radius 1 is 1.19 bits per heavy atom. The van der Waals surface area contributed by atoms with Crippen LogP contribution in [0.1, 0.15) is 21.8 Å². The van der Waals surface area contributed by atoms with Crippen molar-refractivity contribution in [2.24, 2.45) is 5.92 Å². The Morgan fingerprint density at radius 2 is 2.04 bits per heavy atom. The number of likely N-dealkylation sites (N-methyl/N-ethyl adjacent to an activating group) is 1. The highest BCUT2D eigenvalue weighted by Gasteiger charge is 2.27. The minimum atomic E-state index is -0.0439. The molecule has 1 saturated heterocycles. The van der Waals surface area contributed by atoms with Crippen molar-refractivity contribution in [3.63, 3.8) is 0 Å². The van der Waals surface area contributed by atoms with E-state index in [1.807, 2.05) is 17.2 Å². The maximum absolute atomic E-state index is 12.9. The van der Waals surface area contributed by atoms with Gasteiger partial charge in [0.2, 0.25) is 0 Å². The fraction of sp³-hybridized carbons (Fsp3) is 0.381. The number of aromatic nitrogens is 2. The Hall–Kier alpha value is -2.73. The van der Waals surface area contributed by atoms with Crippen LogP contribution in [0.2, 0.25) is 0 Å². The summed E-state index contributed by atoms with van der Waals surface area (Å²) in [4.78, 5) is 25.8. The molecule has 0 aliphatic carbocycles. The van der Waals surface area contributed by atoms with E-state index in [1.165, 1.54) is 12.0 Å². The summed E-state index contributed by atoms with van der Waals surface area (Å²) in [7, 11) is 2.11. The quantitative estimate of drug-likeness (QED) is 0.715. The lowest BCUT2D eigenvalue weighted by Gasteiger charge is -2.24. The van der Waals surface area contributed by atoms with Gasteiger partial charge >= 0.3 is 0 Å². The molecule has 1 amide bonds. The van der Waals surface area contributed by atoms with E-state index in [-0.39, 0.29) is 5.91 Å². The minimum absolute atomic E-state index is 0.0439. The van der Waals surface area contributed by atoms with Gasteiger partial charge in [-0.1, -0.05) is 24.3 Å². The summed E-state index contributed by atoms with van der Waals surface area (Å²) in [5.41, 5.74) is 2.71. The zero-order valence-corrected chi connectivity index (χ0v) is 15.8. The molecule has 0 saturated carbocycles. The van der Waals surface area contributed by atoms with Crippen molar-refractivity contribution in [1.29, 1.82) is 0 Å². The van der Waals surface area contributed by atoms with Gasteiger partial charge in [0.1, 0.15) is 5.76 Å². The first-order valence-corrected chi connectivity index (χ1v) is 9.32. The highest BCUT2D eigenvalue weighted by atomic mass is 16.3. The zero-order valence-electron chi connectivity index (χ0n) is 15.8. The Kier molecular flexibility index (Phi) is 4.90. The van der Waals surface area contributed by atoms with Crippen LogP contribution in [0, 0.1) is 12.8 Å². The smallest absolute Gasteiger partial charge is 0.276 e. The molecule has 1 aromatic carbocycles. The fourth-order valence-corrected chi connectivity index (χ4v) is 3.90. The van der Waals surface area contributed by atoms with Crippen LogP contribution in [0.5, 0.6) is 0 Å². The predicted octanol–water partition coefficient (Wildman–Crippen LogP) is 2.78. The average Bonchev–Trinajstić information content (AvgIpc) is 3.01. The molecule has 1 unspecified atom stereocenters. The highest BCUT2D eigenvalue weighted by molar-refractivity contribution is 5.93. The van der Waals surface area contributed by atoms with Gasteiger partial charge in [0, 0.05) is 37.8 Å². The van der Waals surface area contributed by atoms with E-state index in [0.717, 1.165) is 30.4 Å². The molecule has 0 N–H and O–H groups in total. The summed E-state index contributed by atoms with van der Waals surface area (Å²) >= 11 is 0. The molecule has 0 spiro atoms. The van der Waals surface area contributed by atoms with Crippen molar-refractivity contribution in [2.75, 3.05) is 33.2 Å². The van der Waals surface area contributed by atoms with E-state index in [2.05, 4.69) is 46.2 Å². The number of rotatable bonds is 3. The number of benzene rings is 1. The summed E-state index contributed by atoms with van der Waals surface area (Å²) < 4.78 is 5.22. The third-order valence-electron chi connectivity index (χ3n) is 5.26. The van der Waals surface area contributed by atoms with Gasteiger partial charge < -0.3 is 14.2 Å². The van der Waals surface area contributed by atoms with Crippen LogP contribution in [-0.2, 0) is 6.42 Å². The first-order valence-electron chi connectivity index (χ1n) is 9.32. The highest BCUT2D eigenvalue weighted by Crippen LogP contribution is 2.22. The van der Waals surface area contributed by atoms with Crippen molar-refractivity contribution in [3.05, 3.63) is 59.9 Å². The van der Waals surface area contributed by atoms with Gasteiger partial charge in [0.05, 0.1) is 5.52 Å². The van der Waals surface area contributed by atoms with Gasteiger partial charge in [-0.3, -0.25) is 9.78 Å². The molecule has 140 valence electrons. The van der Waals surface area contributed by atoms with Crippen LogP contribution in [0.4, 0.5) is 0 Å². The maximum atomic E-state index is 12.9. The molecule has 0 radical (unpaired) electrons. The molecule has 1 aliphatic rings. The Morgan fingerprint density at radius 3 is 2.85 bits per heavy atom. The molecule has 6 nitrogen and oxygen atoms in total. The normalized spacial score (nSPS) is 18.6. The Balaban J connectivity index is 1.57. The van der Waals surface area contributed by atoms with Crippen molar-refractivity contribution < 1.29 is 9.21 Å². The first-order chi connectivity index (χ1) is 13.1. The maximum Gasteiger partial charge on any atom is 0.276 e. The van der Waals surface area contributed by atoms with E-state index < -0.39 is 0 Å². The fourth-order valence-electron chi connectivity index (χ4n) is 3.90. The van der Waals surface area contributed by atoms with E-state index in [1.54, 1.807) is 6.92 Å². The van der Waals surface area contributed by atoms with Gasteiger partial charge in [-0.15, -0.1) is 0 Å². The molecule has 1 fully saturated rings. The van der Waals surface area contributed by atoms with E-state index in [4.69, 9.17) is 4.42 Å². The summed E-state index contributed by atoms with van der Waals surface area (Å²) in [6.07, 6.45) is 4.07. The van der Waals surface area contributed by atoms with Crippen molar-refractivity contribution in [1.82, 2.24) is 19.8 Å². The summed E-state index contributed by atoms with van der Waals surface area (Å²) in [6, 6.07) is 10.4. The first kappa shape index (κ1) is 17.7. The van der Waals surface area contributed by atoms with Gasteiger partial charge in [0.15, 0.2) is 12.1 Å². The average molecular weight is 364 g/mol. The number of hydrogen-bond acceptors (Lipinski definition) is 5. The number of aryl methyl sites for hydroxylation is 1. The number of hydrogen-bond donors (Lipinski definition) is 0. The molecule has 1 atom stereocenters. The van der Waals surface area contributed by atoms with Crippen molar-refractivity contribution >= 4 is 16.8 Å². The second kappa shape index (κ2) is 7.48. The molecule has 3 aromatic rings. The molecule has 3 heterocycles. The minimum Gasteiger partial charge on any atom is -0.448 e. The Labute approximate surface area is 158 Å². The van der Waals surface area contributed by atoms with Crippen LogP contribution >= 0.6 is 0 Å². The molecule has 2 aromatic heterocycles. The van der Waals surface area contributed by atoms with Gasteiger partial charge in [-0.05, 0) is 37.9 Å². The Bertz CT molecular complexity index is 947. The lowest BCUT2D eigenvalue weighted by atomic mass is 9.96. The number of pyridine rings is 1. The summed E-state index contributed by atoms with van der Waals surface area (Å²) in [6.45, 7) is 4.99. The number of carbonyl (C=O) groups is 1. The lowest BCUT2D eigenvalue weighted by Crippen LogP contribution is -2.37. The van der Waals surface area contributed by atoms with Crippen LogP contribution in [0.3, 0.4) is 0 Å². The standard InChI is InChI=1S/C21H24N4O2/c1-15-19(23-14-27-15)21(26)25-10-9-24(2)12-16(13-25)11-18-6-3-5-17-7-4-8-22-20(17)18/h3-8,14,16H,9-13H2,1-2H3. The molecule has 0 bridgehead atoms. The van der Waals surface area contributed by atoms with E-state index in [0.29, 0.717) is 30.5 Å². The zero-order chi connectivity index (χ0) is 18.8. The van der Waals surface area contributed by atoms with Crippen molar-refractivity contribution in [2.45, 2.75) is 13.3 Å². The van der Waals surface area contributed by atoms with Gasteiger partial charge in [-0.25, -0.2) is 4.98 Å². The lowest BCUT2D eigenvalue weighted by molar-refractivity contribution is 0.0739. The van der Waals surface area contributed by atoms with Crippen LogP contribution in [0.15, 0.2) is 47.3 Å². The number of amides is 1. The number of oxazole rings is 1. The molecule has 1 aliphatic heterocycles. The third-order valence-corrected chi connectivity index (χ3v) is 5.26. The van der Waals surface area contributed by atoms with Crippen LogP contribution < -0.4 is 0 Å². The molecule has 27 heavy (non-hydrogen) atoms. The van der Waals surface area contributed by atoms with Crippen LogP contribution in [0.25, 0.3) is 10.9 Å². The largest absolute Gasteiger partial charge is 0.448 e. The second-order valence-corrected chi connectivity index (χ2v) is 7.33. The molecule has 6 heteroatoms. The predicted molar refractivity (Wildman–Crippen MR) is 104 cm³/mol. The van der Waals surface area contributed by atoms with Crippen LogP contribution in [-0.4, -0.2) is 58.9 Å². The second-order valence-electron chi connectivity index (χ2n) is 7.33. The summed E-state index contributed by atoms with van der Waals surface area (Å²) in [5, 5.41) is 1.16. The molecular weight excluding hydrogens is 340 g/mol. The van der Waals surface area contributed by atoms with E-state index >= 15 is 0 Å². The topological polar surface area (TPSA) is 62.5 Å². The monoisotopic (exact) mass is 364 g/mol. The number of fused-ring (bicyclic) bond motifs is 1. The van der Waals surface area contributed by atoms with E-state index in [9.17, 15) is 4.79 Å². The van der Waals surface area contributed by atoms with Crippen molar-refractivity contribution in [3.8, 4) is 0 Å². The number of nitrogens with zero attached hydrogens (tertiary/aromatic N) is 4.